The van der Waals surface area contributed by atoms with Crippen LogP contribution in [0.15, 0.2) is 96.8 Å². The Balaban J connectivity index is 0.00000300. The van der Waals surface area contributed by atoms with Crippen LogP contribution in [0.2, 0.25) is 0 Å². The summed E-state index contributed by atoms with van der Waals surface area (Å²) >= 11 is 0. The molecule has 3 N–H and O–H groups in total. The Kier molecular flexibility index (Phi) is 14.5. The average molecular weight is 896 g/mol. The second-order valence-electron chi connectivity index (χ2n) is 15.2. The number of nitrogens with two attached hydrogens (primary N) is 1. The van der Waals surface area contributed by atoms with Gasteiger partial charge in [-0.05, 0) is 43.4 Å². The van der Waals surface area contributed by atoms with E-state index in [1.165, 1.54) is 38.7 Å². The molecule has 1 atom stereocenters. The van der Waals surface area contributed by atoms with Crippen molar-refractivity contribution in [2.24, 2.45) is 5.73 Å². The van der Waals surface area contributed by atoms with E-state index in [0.717, 1.165) is 53.5 Å². The molecule has 284 valence electrons. The topological polar surface area (TPSA) is 78.4 Å². The largest absolute Gasteiger partial charge is 0.352 e. The molecule has 4 aromatic rings. The summed E-state index contributed by atoms with van der Waals surface area (Å²) in [6, 6.07) is 24.5. The first-order valence-corrected chi connectivity index (χ1v) is 19.8. The molecule has 8 heteroatoms. The van der Waals surface area contributed by atoms with Crippen LogP contribution in [0.25, 0.3) is 21.5 Å². The number of hydrogen-bond acceptors (Lipinski definition) is 4. The number of ketones is 1. The number of fused-ring (bicyclic) bond motifs is 9. The van der Waals surface area contributed by atoms with Gasteiger partial charge in [0.15, 0.2) is 23.7 Å². The van der Waals surface area contributed by atoms with Crippen LogP contribution in [0.4, 0.5) is 11.4 Å². The number of amides is 1. The molecule has 0 saturated heterocycles. The summed E-state index contributed by atoms with van der Waals surface area (Å²) in [5.41, 5.74) is 15.4. The smallest absolute Gasteiger partial charge is 0.227 e. The predicted octanol–water partition coefficient (Wildman–Crippen LogP) is 9.26. The molecule has 3 aliphatic heterocycles. The van der Waals surface area contributed by atoms with Gasteiger partial charge in [-0.3, -0.25) is 9.59 Å². The predicted molar refractivity (Wildman–Crippen MR) is 223 cm³/mol. The van der Waals surface area contributed by atoms with Crippen molar-refractivity contribution in [2.45, 2.75) is 97.1 Å². The van der Waals surface area contributed by atoms with Crippen LogP contribution in [0.3, 0.4) is 0 Å². The number of Topliss-reactive ketones (excluding diaryl/α,β-unsaturated/α-hetero) is 1. The van der Waals surface area contributed by atoms with Crippen molar-refractivity contribution in [3.63, 3.8) is 0 Å². The molecule has 56 heavy (non-hydrogen) atoms. The number of rotatable bonds is 4. The summed E-state index contributed by atoms with van der Waals surface area (Å²) in [5.74, 6) is -0.430. The number of hydrogen-bond donors (Lipinski definition) is 2. The molecule has 3 aliphatic rings. The number of carbonyl (C=O) groups is 2. The van der Waals surface area contributed by atoms with Crippen molar-refractivity contribution >= 4 is 50.3 Å². The Labute approximate surface area is 383 Å². The Hall–Kier alpha value is -2.86. The van der Waals surface area contributed by atoms with Gasteiger partial charge in [0.05, 0.1) is 11.8 Å². The van der Waals surface area contributed by atoms with Crippen LogP contribution >= 0.6 is 0 Å². The molecule has 0 spiro atoms. The number of aryl methyl sites for hydroxylation is 2. The second kappa shape index (κ2) is 18.4. The van der Waals surface area contributed by atoms with Gasteiger partial charge >= 0.3 is 0 Å². The molecule has 7 rings (SSSR count). The minimum atomic E-state index is -1.09. The van der Waals surface area contributed by atoms with Crippen LogP contribution in [0.5, 0.6) is 0 Å². The number of benzene rings is 4. The molecule has 0 bridgehead atoms. The molecule has 0 fully saturated rings. The van der Waals surface area contributed by atoms with Gasteiger partial charge in [0.2, 0.25) is 5.91 Å². The Morgan fingerprint density at radius 2 is 1.38 bits per heavy atom. The van der Waals surface area contributed by atoms with Gasteiger partial charge in [-0.25, -0.2) is 4.58 Å². The van der Waals surface area contributed by atoms with Crippen LogP contribution < -0.4 is 16.0 Å². The molecule has 1 unspecified atom stereocenters. The first kappa shape index (κ1) is 44.2. The SMILES string of the molecule is CCC1(CC)C2=[N+](CCC(=O)NC(N)C(=O)CCN3/C(=C/C=C/C=C/C=C/2)C(CC)(CC)c2c3ccc3cc(C)c[c-]c23)c2ccc3cc(C)c[c-]c3c21.[Y].[Y]. The Morgan fingerprint density at radius 1 is 0.786 bits per heavy atom. The standard InChI is InChI=1S/C48H53N4O2.2Y/c1-7-47(8-2)41-16-14-12-11-13-15-17-42-48(9-3,10-4)45-37-23-19-33(6)31-35(37)21-25-39(45)52(42)29-27-43(54)50-46(49)40(53)26-28-51(41)38-24-20-34-30-32(5)18-22-36(34)44(38)47;;/h11-21,24-25,30-31,46H,7-10,26-29,49H2,1-6H3,(H,50,54);;/q-1;;. The maximum Gasteiger partial charge on any atom is 0.227 e. The molecule has 0 saturated carbocycles. The molecular weight excluding hydrogens is 842 g/mol. The summed E-state index contributed by atoms with van der Waals surface area (Å²) in [6.45, 7) is 14.1. The summed E-state index contributed by atoms with van der Waals surface area (Å²) in [5, 5.41) is 7.46. The van der Waals surface area contributed by atoms with Gasteiger partial charge < -0.3 is 16.0 Å². The van der Waals surface area contributed by atoms with E-state index in [-0.39, 0.29) is 101 Å². The first-order chi connectivity index (χ1) is 26.1. The van der Waals surface area contributed by atoms with Gasteiger partial charge in [-0.1, -0.05) is 95.7 Å². The van der Waals surface area contributed by atoms with Gasteiger partial charge in [0, 0.05) is 101 Å². The van der Waals surface area contributed by atoms with Gasteiger partial charge in [-0.15, -0.1) is 69.1 Å². The van der Waals surface area contributed by atoms with Crippen molar-refractivity contribution in [1.29, 1.82) is 0 Å². The molecule has 6 nitrogen and oxygen atoms in total. The number of nitrogens with one attached hydrogen (secondary N) is 1. The third kappa shape index (κ3) is 7.71. The monoisotopic (exact) mass is 895 g/mol. The number of nitrogens with zero attached hydrogens (tertiary/aromatic N) is 2. The van der Waals surface area contributed by atoms with E-state index in [4.69, 9.17) is 5.73 Å². The number of anilines is 1. The molecular formula is C48H53N4O2Y2-. The van der Waals surface area contributed by atoms with Gasteiger partial charge in [0.1, 0.15) is 6.17 Å². The van der Waals surface area contributed by atoms with Crippen LogP contribution in [-0.4, -0.2) is 41.2 Å². The van der Waals surface area contributed by atoms with Crippen molar-refractivity contribution in [3.8, 4) is 0 Å². The zero-order valence-corrected chi connectivity index (χ0v) is 39.5. The van der Waals surface area contributed by atoms with Gasteiger partial charge in [-0.2, -0.15) is 0 Å². The fraction of sp³-hybridized carbons (Fsp3) is 0.354. The van der Waals surface area contributed by atoms with E-state index in [9.17, 15) is 9.59 Å². The molecule has 3 heterocycles. The zero-order chi connectivity index (χ0) is 38.2. The van der Waals surface area contributed by atoms with Crippen molar-refractivity contribution in [3.05, 3.63) is 131 Å². The number of allylic oxidation sites excluding steroid dienone is 8. The van der Waals surface area contributed by atoms with Crippen LogP contribution in [-0.2, 0) is 85.8 Å². The summed E-state index contributed by atoms with van der Waals surface area (Å²) in [6.07, 6.45) is 17.8. The minimum Gasteiger partial charge on any atom is -0.352 e. The van der Waals surface area contributed by atoms with E-state index >= 15 is 0 Å². The maximum absolute atomic E-state index is 13.7. The molecule has 1 amide bonds. The first-order valence-electron chi connectivity index (χ1n) is 19.8. The summed E-state index contributed by atoms with van der Waals surface area (Å²) in [7, 11) is 0. The van der Waals surface area contributed by atoms with E-state index in [1.54, 1.807) is 0 Å². The summed E-state index contributed by atoms with van der Waals surface area (Å²) in [4.78, 5) is 29.5. The fourth-order valence-electron chi connectivity index (χ4n) is 9.48. The van der Waals surface area contributed by atoms with E-state index in [2.05, 4.69) is 160 Å². The number of carbonyl (C=O) groups excluding carboxylic acids is 2. The normalized spacial score (nSPS) is 21.8. The summed E-state index contributed by atoms with van der Waals surface area (Å²) < 4.78 is 2.30. The third-order valence-corrected chi connectivity index (χ3v) is 12.4. The Bertz CT molecular complexity index is 2310. The Morgan fingerprint density at radius 3 is 2.02 bits per heavy atom. The molecule has 0 aromatic heterocycles. The quantitative estimate of drug-likeness (QED) is 0.158. The van der Waals surface area contributed by atoms with E-state index in [1.807, 2.05) is 0 Å². The molecule has 4 aromatic carbocycles. The zero-order valence-electron chi connectivity index (χ0n) is 33.8. The van der Waals surface area contributed by atoms with Crippen molar-refractivity contribution < 1.29 is 79.6 Å². The molecule has 0 aliphatic carbocycles. The fourth-order valence-corrected chi connectivity index (χ4v) is 9.48. The van der Waals surface area contributed by atoms with Gasteiger partial charge in [0.25, 0.3) is 0 Å². The third-order valence-electron chi connectivity index (χ3n) is 12.4. The van der Waals surface area contributed by atoms with Crippen molar-refractivity contribution in [2.75, 3.05) is 18.0 Å². The second-order valence-corrected chi connectivity index (χ2v) is 15.2. The average Bonchev–Trinajstić information content (AvgIpc) is 3.60. The van der Waals surface area contributed by atoms with E-state index in [0.29, 0.717) is 13.1 Å². The van der Waals surface area contributed by atoms with Crippen LogP contribution in [0, 0.1) is 26.0 Å². The maximum atomic E-state index is 13.7. The van der Waals surface area contributed by atoms with E-state index < -0.39 is 6.17 Å². The molecule has 2 radical (unpaired) electrons. The minimum absolute atomic E-state index is 0. The van der Waals surface area contributed by atoms with Crippen LogP contribution in [0.1, 0.15) is 88.5 Å². The van der Waals surface area contributed by atoms with Crippen molar-refractivity contribution in [1.82, 2.24) is 5.32 Å².